The normalized spacial score (nSPS) is 26.3. The molecule has 2 aromatic rings. The summed E-state index contributed by atoms with van der Waals surface area (Å²) in [6, 6.07) is 15.5. The fourth-order valence-electron chi connectivity index (χ4n) is 5.18. The van der Waals surface area contributed by atoms with Gasteiger partial charge in [0.2, 0.25) is 21.8 Å². The Bertz CT molecular complexity index is 1250. The van der Waals surface area contributed by atoms with E-state index in [1.54, 1.807) is 31.2 Å². The van der Waals surface area contributed by atoms with E-state index in [1.165, 1.54) is 25.4 Å². The first kappa shape index (κ1) is 25.0. The lowest BCUT2D eigenvalue weighted by Gasteiger charge is -2.29. The molecule has 2 aliphatic heterocycles. The van der Waals surface area contributed by atoms with Gasteiger partial charge in [-0.05, 0) is 30.2 Å². The van der Waals surface area contributed by atoms with Crippen LogP contribution in [0, 0.1) is 11.8 Å². The van der Waals surface area contributed by atoms with Gasteiger partial charge in [0.1, 0.15) is 5.54 Å². The maximum absolute atomic E-state index is 13.5. The molecule has 4 rings (SSSR count). The standard InChI is InChI=1S/C25H29N3O6S/c1-5-28(35(32,33)18-13-11-17(12-14-18)16-9-7-6-8-10-16)15-19-20-21(23(30)27(3)22(20)29)25(2,26-19)24(31)34-4/h6-14,19-21,26H,5,15H2,1-4H3/t19-,20+,21-,25-/m1/s1. The lowest BCUT2D eigenvalue weighted by atomic mass is 9.81. The number of sulfonamides is 1. The minimum absolute atomic E-state index is 0.0835. The molecule has 4 atom stereocenters. The number of carbonyl (C=O) groups excluding carboxylic acids is 3. The molecule has 2 aromatic carbocycles. The van der Waals surface area contributed by atoms with Crippen molar-refractivity contribution in [1.29, 1.82) is 0 Å². The molecule has 0 unspecified atom stereocenters. The number of fused-ring (bicyclic) bond motifs is 1. The summed E-state index contributed by atoms with van der Waals surface area (Å²) < 4.78 is 33.2. The lowest BCUT2D eigenvalue weighted by Crippen LogP contribution is -2.56. The zero-order valence-electron chi connectivity index (χ0n) is 20.1. The van der Waals surface area contributed by atoms with Gasteiger partial charge in [0.15, 0.2) is 0 Å². The van der Waals surface area contributed by atoms with Crippen LogP contribution in [0.3, 0.4) is 0 Å². The van der Waals surface area contributed by atoms with Gasteiger partial charge in [0, 0.05) is 26.2 Å². The molecule has 2 aliphatic rings. The predicted molar refractivity (Wildman–Crippen MR) is 128 cm³/mol. The highest BCUT2D eigenvalue weighted by Crippen LogP contribution is 2.43. The number of hydrogen-bond acceptors (Lipinski definition) is 7. The molecule has 2 saturated heterocycles. The second-order valence-electron chi connectivity index (χ2n) is 9.03. The van der Waals surface area contributed by atoms with Gasteiger partial charge in [-0.25, -0.2) is 8.42 Å². The van der Waals surface area contributed by atoms with E-state index in [9.17, 15) is 22.8 Å². The van der Waals surface area contributed by atoms with Crippen LogP contribution in [-0.2, 0) is 29.1 Å². The number of nitrogens with one attached hydrogen (secondary N) is 1. The van der Waals surface area contributed by atoms with Gasteiger partial charge in [-0.2, -0.15) is 4.31 Å². The molecule has 0 spiro atoms. The van der Waals surface area contributed by atoms with Crippen molar-refractivity contribution in [2.45, 2.75) is 30.3 Å². The van der Waals surface area contributed by atoms with Crippen LogP contribution >= 0.6 is 0 Å². The highest BCUT2D eigenvalue weighted by Gasteiger charge is 2.66. The molecule has 0 aliphatic carbocycles. The van der Waals surface area contributed by atoms with Crippen LogP contribution in [0.2, 0.25) is 0 Å². The van der Waals surface area contributed by atoms with Crippen molar-refractivity contribution in [3.63, 3.8) is 0 Å². The smallest absolute Gasteiger partial charge is 0.326 e. The molecule has 2 fully saturated rings. The second-order valence-corrected chi connectivity index (χ2v) is 11.0. The number of rotatable bonds is 7. The van der Waals surface area contributed by atoms with Gasteiger partial charge >= 0.3 is 5.97 Å². The van der Waals surface area contributed by atoms with Crippen molar-refractivity contribution in [2.24, 2.45) is 11.8 Å². The van der Waals surface area contributed by atoms with Gasteiger partial charge in [0.05, 0.1) is 23.8 Å². The van der Waals surface area contributed by atoms with Gasteiger partial charge < -0.3 is 4.74 Å². The number of imide groups is 1. The van der Waals surface area contributed by atoms with E-state index in [4.69, 9.17) is 4.74 Å². The minimum atomic E-state index is -3.91. The Labute approximate surface area is 205 Å². The number of likely N-dealkylation sites (N-methyl/N-ethyl adjacent to an activating group) is 1. The molecule has 2 heterocycles. The molecule has 0 radical (unpaired) electrons. The first-order valence-electron chi connectivity index (χ1n) is 11.4. The third kappa shape index (κ3) is 4.05. The first-order chi connectivity index (χ1) is 16.6. The number of methoxy groups -OCH3 is 1. The van der Waals surface area contributed by atoms with Gasteiger partial charge in [-0.15, -0.1) is 0 Å². The fourth-order valence-corrected chi connectivity index (χ4v) is 6.66. The highest BCUT2D eigenvalue weighted by molar-refractivity contribution is 7.89. The molecule has 0 aromatic heterocycles. The molecule has 35 heavy (non-hydrogen) atoms. The Hall–Kier alpha value is -3.08. The number of carbonyl (C=O) groups is 3. The molecule has 0 saturated carbocycles. The Morgan fingerprint density at radius 2 is 1.66 bits per heavy atom. The van der Waals surface area contributed by atoms with Gasteiger partial charge in [0.25, 0.3) is 0 Å². The number of nitrogens with zero attached hydrogens (tertiary/aromatic N) is 2. The van der Waals surface area contributed by atoms with Gasteiger partial charge in [-0.3, -0.25) is 24.6 Å². The molecular weight excluding hydrogens is 470 g/mol. The summed E-state index contributed by atoms with van der Waals surface area (Å²) >= 11 is 0. The Kier molecular flexibility index (Phi) is 6.56. The van der Waals surface area contributed by atoms with E-state index in [-0.39, 0.29) is 18.0 Å². The number of esters is 1. The lowest BCUT2D eigenvalue weighted by molar-refractivity contribution is -0.152. The quantitative estimate of drug-likeness (QED) is 0.454. The topological polar surface area (TPSA) is 113 Å². The molecular formula is C25H29N3O6S. The summed E-state index contributed by atoms with van der Waals surface area (Å²) in [5.41, 5.74) is 0.419. The number of amides is 2. The van der Waals surface area contributed by atoms with E-state index in [0.29, 0.717) is 0 Å². The van der Waals surface area contributed by atoms with Crippen LogP contribution in [0.1, 0.15) is 13.8 Å². The van der Waals surface area contributed by atoms with Crippen molar-refractivity contribution in [1.82, 2.24) is 14.5 Å². The van der Waals surface area contributed by atoms with Gasteiger partial charge in [-0.1, -0.05) is 49.4 Å². The average molecular weight is 500 g/mol. The number of likely N-dealkylation sites (tertiary alicyclic amines) is 1. The molecule has 9 nitrogen and oxygen atoms in total. The largest absolute Gasteiger partial charge is 0.468 e. The molecule has 10 heteroatoms. The zero-order valence-corrected chi connectivity index (χ0v) is 20.9. The average Bonchev–Trinajstić information content (AvgIpc) is 3.30. The summed E-state index contributed by atoms with van der Waals surface area (Å²) in [4.78, 5) is 39.5. The summed E-state index contributed by atoms with van der Waals surface area (Å²) in [7, 11) is -1.32. The SMILES string of the molecule is CCN(C[C@H]1N[C@@](C)(C(=O)OC)[C@H]2C(=O)N(C)C(=O)[C@@H]12)S(=O)(=O)c1ccc(-c2ccccc2)cc1. The molecule has 1 N–H and O–H groups in total. The van der Waals surface area contributed by atoms with Crippen LogP contribution in [-0.4, -0.2) is 74.2 Å². The molecule has 186 valence electrons. The monoisotopic (exact) mass is 499 g/mol. The summed E-state index contributed by atoms with van der Waals surface area (Å²) in [6.45, 7) is 3.29. The maximum atomic E-state index is 13.5. The van der Waals surface area contributed by atoms with Crippen LogP contribution in [0.25, 0.3) is 11.1 Å². The van der Waals surface area contributed by atoms with E-state index < -0.39 is 51.2 Å². The summed E-state index contributed by atoms with van der Waals surface area (Å²) in [5, 5.41) is 3.07. The zero-order chi connectivity index (χ0) is 25.5. The number of ether oxygens (including phenoxy) is 1. The third-order valence-corrected chi connectivity index (χ3v) is 9.03. The Balaban J connectivity index is 1.62. The second kappa shape index (κ2) is 9.18. The Morgan fingerprint density at radius 1 is 1.06 bits per heavy atom. The fraction of sp³-hybridized carbons (Fsp3) is 0.400. The number of hydrogen-bond donors (Lipinski definition) is 1. The third-order valence-electron chi connectivity index (χ3n) is 7.07. The first-order valence-corrected chi connectivity index (χ1v) is 12.8. The predicted octanol–water partition coefficient (Wildman–Crippen LogP) is 1.50. The van der Waals surface area contributed by atoms with Crippen molar-refractivity contribution in [3.05, 3.63) is 54.6 Å². The maximum Gasteiger partial charge on any atom is 0.326 e. The van der Waals surface area contributed by atoms with Crippen molar-refractivity contribution in [2.75, 3.05) is 27.2 Å². The van der Waals surface area contributed by atoms with Crippen LogP contribution < -0.4 is 5.32 Å². The van der Waals surface area contributed by atoms with E-state index >= 15 is 0 Å². The van der Waals surface area contributed by atoms with Crippen molar-refractivity contribution in [3.8, 4) is 11.1 Å². The van der Waals surface area contributed by atoms with E-state index in [2.05, 4.69) is 5.32 Å². The van der Waals surface area contributed by atoms with E-state index in [0.717, 1.165) is 16.0 Å². The van der Waals surface area contributed by atoms with Crippen LogP contribution in [0.4, 0.5) is 0 Å². The molecule has 2 amide bonds. The Morgan fingerprint density at radius 3 is 2.23 bits per heavy atom. The minimum Gasteiger partial charge on any atom is -0.468 e. The van der Waals surface area contributed by atoms with Crippen LogP contribution in [0.5, 0.6) is 0 Å². The highest BCUT2D eigenvalue weighted by atomic mass is 32.2. The van der Waals surface area contributed by atoms with Crippen molar-refractivity contribution < 1.29 is 27.5 Å². The van der Waals surface area contributed by atoms with Crippen molar-refractivity contribution >= 4 is 27.8 Å². The summed E-state index contributed by atoms with van der Waals surface area (Å²) in [6.07, 6.45) is 0. The van der Waals surface area contributed by atoms with E-state index in [1.807, 2.05) is 30.3 Å². The number of benzene rings is 2. The summed E-state index contributed by atoms with van der Waals surface area (Å²) in [5.74, 6) is -3.43. The molecule has 0 bridgehead atoms. The van der Waals surface area contributed by atoms with Crippen LogP contribution in [0.15, 0.2) is 59.5 Å².